The molecule has 1 aliphatic carbocycles. The number of nitro benzene ring substituents is 1. The van der Waals surface area contributed by atoms with E-state index in [4.69, 9.17) is 5.73 Å². The second kappa shape index (κ2) is 8.81. The van der Waals surface area contributed by atoms with Crippen LogP contribution in [0.15, 0.2) is 57.2 Å². The number of hydrogen-bond acceptors (Lipinski definition) is 8. The molecule has 4 rings (SSSR count). The molecule has 0 unspecified atom stereocenters. The molecule has 0 saturated heterocycles. The summed E-state index contributed by atoms with van der Waals surface area (Å²) in [6.07, 6.45) is 1.70. The van der Waals surface area contributed by atoms with Crippen LogP contribution in [0.25, 0.3) is 0 Å². The number of thioether (sulfide) groups is 1. The van der Waals surface area contributed by atoms with Gasteiger partial charge in [0.15, 0.2) is 5.78 Å². The van der Waals surface area contributed by atoms with E-state index in [0.29, 0.717) is 36.1 Å². The SMILES string of the molecule is CCSc1ccsc1[C@H]1C(C#N)=C(N)N(c2cc([N+](=O)[O-])ccc2C)C2=C1C(=O)CCC2. The van der Waals surface area contributed by atoms with E-state index < -0.39 is 10.8 Å². The highest BCUT2D eigenvalue weighted by atomic mass is 32.2. The number of hydrogen-bond donors (Lipinski definition) is 1. The number of benzene rings is 1. The number of nitrogens with two attached hydrogens (primary N) is 1. The van der Waals surface area contributed by atoms with Gasteiger partial charge in [0, 0.05) is 39.6 Å². The van der Waals surface area contributed by atoms with Gasteiger partial charge in [0.05, 0.1) is 28.2 Å². The van der Waals surface area contributed by atoms with Crippen molar-refractivity contribution in [1.29, 1.82) is 5.26 Å². The Hall–Kier alpha value is -3.09. The molecule has 1 atom stereocenters. The normalized spacial score (nSPS) is 18.6. The Bertz CT molecular complexity index is 1220. The lowest BCUT2D eigenvalue weighted by Gasteiger charge is -2.40. The van der Waals surface area contributed by atoms with E-state index in [0.717, 1.165) is 26.8 Å². The van der Waals surface area contributed by atoms with Gasteiger partial charge in [-0.15, -0.1) is 23.1 Å². The van der Waals surface area contributed by atoms with E-state index in [-0.39, 0.29) is 17.3 Å². The summed E-state index contributed by atoms with van der Waals surface area (Å²) in [5.74, 6) is 0.601. The summed E-state index contributed by atoms with van der Waals surface area (Å²) >= 11 is 3.20. The highest BCUT2D eigenvalue weighted by Gasteiger charge is 2.42. The molecule has 7 nitrogen and oxygen atoms in total. The smallest absolute Gasteiger partial charge is 0.271 e. The molecule has 0 amide bonds. The van der Waals surface area contributed by atoms with Gasteiger partial charge in [-0.1, -0.05) is 13.0 Å². The zero-order chi connectivity index (χ0) is 23.0. The van der Waals surface area contributed by atoms with E-state index in [1.54, 1.807) is 22.7 Å². The molecule has 164 valence electrons. The molecule has 9 heteroatoms. The Balaban J connectivity index is 1.98. The third kappa shape index (κ3) is 3.59. The summed E-state index contributed by atoms with van der Waals surface area (Å²) in [5, 5.41) is 23.5. The molecule has 0 radical (unpaired) electrons. The second-order valence-electron chi connectivity index (χ2n) is 7.63. The first-order valence-corrected chi connectivity index (χ1v) is 12.2. The van der Waals surface area contributed by atoms with Gasteiger partial charge >= 0.3 is 0 Å². The lowest BCUT2D eigenvalue weighted by molar-refractivity contribution is -0.384. The first kappa shape index (κ1) is 22.1. The molecule has 32 heavy (non-hydrogen) atoms. The predicted octanol–water partition coefficient (Wildman–Crippen LogP) is 5.38. The number of non-ortho nitro benzene ring substituents is 1. The number of carbonyl (C=O) groups excluding carboxylic acids is 1. The molecule has 0 fully saturated rings. The highest BCUT2D eigenvalue weighted by molar-refractivity contribution is 7.99. The van der Waals surface area contributed by atoms with Crippen molar-refractivity contribution < 1.29 is 9.72 Å². The van der Waals surface area contributed by atoms with Crippen LogP contribution >= 0.6 is 23.1 Å². The number of nitro groups is 1. The van der Waals surface area contributed by atoms with Gasteiger partial charge in [0.1, 0.15) is 5.82 Å². The molecule has 1 aromatic carbocycles. The van der Waals surface area contributed by atoms with Crippen LogP contribution < -0.4 is 10.6 Å². The third-order valence-corrected chi connectivity index (χ3v) is 7.84. The molecular formula is C23H22N4O3S2. The molecule has 1 aliphatic heterocycles. The van der Waals surface area contributed by atoms with Crippen LogP contribution in [0.2, 0.25) is 0 Å². The van der Waals surface area contributed by atoms with Gasteiger partial charge < -0.3 is 5.73 Å². The summed E-state index contributed by atoms with van der Waals surface area (Å²) in [7, 11) is 0. The Morgan fingerprint density at radius 2 is 2.16 bits per heavy atom. The van der Waals surface area contributed by atoms with Crippen LogP contribution in [0, 0.1) is 28.4 Å². The zero-order valence-corrected chi connectivity index (χ0v) is 19.4. The minimum Gasteiger partial charge on any atom is -0.384 e. The molecule has 2 aliphatic rings. The predicted molar refractivity (Wildman–Crippen MR) is 126 cm³/mol. The number of aryl methyl sites for hydroxylation is 1. The van der Waals surface area contributed by atoms with E-state index >= 15 is 0 Å². The number of rotatable bonds is 5. The van der Waals surface area contributed by atoms with Crippen molar-refractivity contribution in [1.82, 2.24) is 0 Å². The van der Waals surface area contributed by atoms with Gasteiger partial charge in [-0.2, -0.15) is 5.26 Å². The van der Waals surface area contributed by atoms with Crippen LogP contribution in [-0.2, 0) is 4.79 Å². The second-order valence-corrected chi connectivity index (χ2v) is 9.88. The van der Waals surface area contributed by atoms with Gasteiger partial charge in [-0.3, -0.25) is 19.8 Å². The summed E-state index contributed by atoms with van der Waals surface area (Å²) in [6.45, 7) is 3.90. The average Bonchev–Trinajstić information content (AvgIpc) is 3.22. The van der Waals surface area contributed by atoms with E-state index in [2.05, 4.69) is 13.0 Å². The molecule has 0 bridgehead atoms. The maximum Gasteiger partial charge on any atom is 0.271 e. The first-order valence-electron chi connectivity index (χ1n) is 10.3. The standard InChI is InChI=1S/C23H22N4O3S2/c1-3-31-19-9-10-32-22(19)20-15(12-24)23(25)26(16-5-4-6-18(28)21(16)20)17-11-14(27(29)30)8-7-13(17)2/h7-11,20H,3-6,25H2,1-2H3/t20-/m0/s1. The monoisotopic (exact) mass is 466 g/mol. The van der Waals surface area contributed by atoms with Crippen LogP contribution in [-0.4, -0.2) is 16.5 Å². The van der Waals surface area contributed by atoms with Crippen molar-refractivity contribution in [2.24, 2.45) is 5.73 Å². The zero-order valence-electron chi connectivity index (χ0n) is 17.8. The molecular weight excluding hydrogens is 444 g/mol. The molecule has 1 aromatic heterocycles. The number of ketones is 1. The van der Waals surface area contributed by atoms with Crippen molar-refractivity contribution in [3.05, 3.63) is 72.9 Å². The number of thiophene rings is 1. The summed E-state index contributed by atoms with van der Waals surface area (Å²) in [6, 6.07) is 8.85. The fourth-order valence-corrected chi connectivity index (χ4v) is 6.42. The van der Waals surface area contributed by atoms with Crippen molar-refractivity contribution in [2.45, 2.75) is 43.9 Å². The maximum absolute atomic E-state index is 13.2. The van der Waals surface area contributed by atoms with Crippen LogP contribution in [0.1, 0.15) is 42.5 Å². The fraction of sp³-hybridized carbons (Fsp3) is 0.304. The highest BCUT2D eigenvalue weighted by Crippen LogP contribution is 2.50. The summed E-state index contributed by atoms with van der Waals surface area (Å²) < 4.78 is 0. The molecule has 0 saturated carbocycles. The fourth-order valence-electron chi connectivity index (χ4n) is 4.37. The number of carbonyl (C=O) groups is 1. The van der Waals surface area contributed by atoms with E-state index in [9.17, 15) is 20.2 Å². The summed E-state index contributed by atoms with van der Waals surface area (Å²) in [4.78, 5) is 27.9. The minimum atomic E-state index is -0.507. The van der Waals surface area contributed by atoms with Crippen molar-refractivity contribution in [3.63, 3.8) is 0 Å². The maximum atomic E-state index is 13.2. The molecule has 2 N–H and O–H groups in total. The van der Waals surface area contributed by atoms with Gasteiger partial charge in [-0.25, -0.2) is 0 Å². The Morgan fingerprint density at radius 3 is 2.84 bits per heavy atom. The quantitative estimate of drug-likeness (QED) is 0.357. The number of Topliss-reactive ketones (excluding diaryl/α,β-unsaturated/α-hetero) is 1. The van der Waals surface area contributed by atoms with Gasteiger partial charge in [0.25, 0.3) is 5.69 Å². The Kier molecular flexibility index (Phi) is 6.09. The van der Waals surface area contributed by atoms with E-state index in [1.165, 1.54) is 23.5 Å². The van der Waals surface area contributed by atoms with Gasteiger partial charge in [0.2, 0.25) is 0 Å². The molecule has 2 aromatic rings. The first-order chi connectivity index (χ1) is 15.4. The Morgan fingerprint density at radius 1 is 1.38 bits per heavy atom. The number of nitrogens with zero attached hydrogens (tertiary/aromatic N) is 3. The van der Waals surface area contributed by atoms with Gasteiger partial charge in [-0.05, 0) is 42.5 Å². The average molecular weight is 467 g/mol. The molecule has 2 heterocycles. The number of anilines is 1. The third-order valence-electron chi connectivity index (χ3n) is 5.78. The minimum absolute atomic E-state index is 0.00503. The lowest BCUT2D eigenvalue weighted by Crippen LogP contribution is -2.39. The lowest BCUT2D eigenvalue weighted by atomic mass is 9.78. The van der Waals surface area contributed by atoms with Crippen LogP contribution in [0.3, 0.4) is 0 Å². The summed E-state index contributed by atoms with van der Waals surface area (Å²) in [5.41, 5.74) is 9.48. The molecule has 0 spiro atoms. The number of nitriles is 1. The van der Waals surface area contributed by atoms with E-state index in [1.807, 2.05) is 18.4 Å². The van der Waals surface area contributed by atoms with Crippen LogP contribution in [0.4, 0.5) is 11.4 Å². The van der Waals surface area contributed by atoms with Crippen molar-refractivity contribution in [2.75, 3.05) is 10.7 Å². The number of allylic oxidation sites excluding steroid dienone is 3. The van der Waals surface area contributed by atoms with Crippen molar-refractivity contribution in [3.8, 4) is 6.07 Å². The Labute approximate surface area is 194 Å². The topological polar surface area (TPSA) is 113 Å². The van der Waals surface area contributed by atoms with Crippen molar-refractivity contribution >= 4 is 40.3 Å². The largest absolute Gasteiger partial charge is 0.384 e. The van der Waals surface area contributed by atoms with Crippen LogP contribution in [0.5, 0.6) is 0 Å².